The zero-order valence-electron chi connectivity index (χ0n) is 16.6. The van der Waals surface area contributed by atoms with Crippen LogP contribution in [-0.4, -0.2) is 18.8 Å². The molecule has 1 aliphatic heterocycles. The highest BCUT2D eigenvalue weighted by Gasteiger charge is 2.18. The molecule has 0 radical (unpaired) electrons. The predicted molar refractivity (Wildman–Crippen MR) is 118 cm³/mol. The molecule has 9 heteroatoms. The number of methoxy groups -OCH3 is 1. The number of nitro groups is 1. The van der Waals surface area contributed by atoms with E-state index < -0.39 is 4.92 Å². The van der Waals surface area contributed by atoms with Gasteiger partial charge in [0.25, 0.3) is 5.69 Å². The van der Waals surface area contributed by atoms with Gasteiger partial charge in [-0.2, -0.15) is 0 Å². The normalized spacial score (nSPS) is 11.8. The summed E-state index contributed by atoms with van der Waals surface area (Å²) in [5.74, 6) is 2.60. The zero-order valence-corrected chi connectivity index (χ0v) is 18.2. The van der Waals surface area contributed by atoms with E-state index in [0.29, 0.717) is 36.1 Å². The maximum absolute atomic E-state index is 10.8. The number of halogens is 1. The van der Waals surface area contributed by atoms with Crippen molar-refractivity contribution in [3.05, 3.63) is 80.3 Å². The van der Waals surface area contributed by atoms with E-state index in [-0.39, 0.29) is 12.5 Å². The van der Waals surface area contributed by atoms with Crippen LogP contribution in [0, 0.1) is 10.1 Å². The van der Waals surface area contributed by atoms with Crippen molar-refractivity contribution in [1.29, 1.82) is 0 Å². The minimum atomic E-state index is -0.425. The Morgan fingerprint density at radius 2 is 1.84 bits per heavy atom. The molecule has 0 aromatic heterocycles. The molecule has 0 unspecified atom stereocenters. The molecule has 3 aromatic rings. The quantitative estimate of drug-likeness (QED) is 0.341. The fourth-order valence-electron chi connectivity index (χ4n) is 3.14. The number of non-ortho nitro benzene ring substituents is 1. The molecule has 0 bridgehead atoms. The van der Waals surface area contributed by atoms with E-state index in [1.165, 1.54) is 12.1 Å². The van der Waals surface area contributed by atoms with Crippen molar-refractivity contribution in [2.45, 2.75) is 13.2 Å². The summed E-state index contributed by atoms with van der Waals surface area (Å²) in [5.41, 5.74) is 2.60. The Morgan fingerprint density at radius 3 is 2.55 bits per heavy atom. The Bertz CT molecular complexity index is 1100. The molecule has 0 saturated carbocycles. The molecular formula is C22H19BrN2O6. The van der Waals surface area contributed by atoms with Crippen LogP contribution in [0.4, 0.5) is 11.4 Å². The molecule has 0 atom stereocenters. The van der Waals surface area contributed by atoms with E-state index in [2.05, 4.69) is 21.2 Å². The van der Waals surface area contributed by atoms with Gasteiger partial charge in [0.15, 0.2) is 23.0 Å². The number of fused-ring (bicyclic) bond motifs is 1. The number of para-hydroxylation sites is 1. The summed E-state index contributed by atoms with van der Waals surface area (Å²) in [6, 6.07) is 15.7. The zero-order chi connectivity index (χ0) is 21.8. The van der Waals surface area contributed by atoms with E-state index in [1.807, 2.05) is 30.3 Å². The lowest BCUT2D eigenvalue weighted by atomic mass is 10.1. The molecule has 0 amide bonds. The highest BCUT2D eigenvalue weighted by Crippen LogP contribution is 2.38. The van der Waals surface area contributed by atoms with Gasteiger partial charge in [-0.3, -0.25) is 10.1 Å². The van der Waals surface area contributed by atoms with Gasteiger partial charge in [0.1, 0.15) is 6.61 Å². The first-order valence-electron chi connectivity index (χ1n) is 9.40. The van der Waals surface area contributed by atoms with Crippen molar-refractivity contribution in [1.82, 2.24) is 0 Å². The number of rotatable bonds is 8. The van der Waals surface area contributed by atoms with E-state index >= 15 is 0 Å². The van der Waals surface area contributed by atoms with E-state index in [9.17, 15) is 10.1 Å². The van der Waals surface area contributed by atoms with Crippen LogP contribution in [0.2, 0.25) is 0 Å². The first-order valence-corrected chi connectivity index (χ1v) is 10.2. The summed E-state index contributed by atoms with van der Waals surface area (Å²) in [5, 5.41) is 14.1. The van der Waals surface area contributed by atoms with Crippen molar-refractivity contribution in [2.75, 3.05) is 19.2 Å². The van der Waals surface area contributed by atoms with Gasteiger partial charge in [0.2, 0.25) is 6.79 Å². The molecule has 1 N–H and O–H groups in total. The van der Waals surface area contributed by atoms with Crippen LogP contribution in [0.1, 0.15) is 11.1 Å². The van der Waals surface area contributed by atoms with Crippen LogP contribution in [0.3, 0.4) is 0 Å². The second kappa shape index (κ2) is 9.13. The first kappa shape index (κ1) is 20.8. The fourth-order valence-corrected chi connectivity index (χ4v) is 3.58. The molecule has 1 aliphatic rings. The van der Waals surface area contributed by atoms with Crippen LogP contribution in [0.25, 0.3) is 0 Å². The number of benzene rings is 3. The average Bonchev–Trinajstić information content (AvgIpc) is 3.23. The largest absolute Gasteiger partial charge is 0.493 e. The second-order valence-corrected chi connectivity index (χ2v) is 7.55. The van der Waals surface area contributed by atoms with Crippen LogP contribution < -0.4 is 24.3 Å². The smallest absolute Gasteiger partial charge is 0.269 e. The third-order valence-electron chi connectivity index (χ3n) is 4.76. The van der Waals surface area contributed by atoms with Gasteiger partial charge in [-0.15, -0.1) is 0 Å². The van der Waals surface area contributed by atoms with Gasteiger partial charge < -0.3 is 24.3 Å². The first-order chi connectivity index (χ1) is 15.0. The van der Waals surface area contributed by atoms with Crippen molar-refractivity contribution >= 4 is 27.3 Å². The average molecular weight is 487 g/mol. The molecule has 160 valence electrons. The van der Waals surface area contributed by atoms with Gasteiger partial charge in [0.05, 0.1) is 12.0 Å². The SMILES string of the molecule is COc1cccc(CNc2ccc([N+](=O)[O-])cc2)c1OCc1cc2c(cc1Br)OCO2. The molecule has 1 heterocycles. The van der Waals surface area contributed by atoms with Gasteiger partial charge in [0, 0.05) is 40.0 Å². The maximum atomic E-state index is 10.8. The van der Waals surface area contributed by atoms with Gasteiger partial charge in [-0.1, -0.05) is 28.1 Å². The number of hydrogen-bond donors (Lipinski definition) is 1. The van der Waals surface area contributed by atoms with Gasteiger partial charge in [-0.05, 0) is 30.3 Å². The van der Waals surface area contributed by atoms with Crippen molar-refractivity contribution in [2.24, 2.45) is 0 Å². The lowest BCUT2D eigenvalue weighted by molar-refractivity contribution is -0.384. The van der Waals surface area contributed by atoms with Gasteiger partial charge in [-0.25, -0.2) is 0 Å². The fraction of sp³-hybridized carbons (Fsp3) is 0.182. The summed E-state index contributed by atoms with van der Waals surface area (Å²) in [6.07, 6.45) is 0. The molecule has 0 aliphatic carbocycles. The van der Waals surface area contributed by atoms with E-state index in [4.69, 9.17) is 18.9 Å². The number of nitro benzene ring substituents is 1. The topological polar surface area (TPSA) is 92.1 Å². The summed E-state index contributed by atoms with van der Waals surface area (Å²) in [4.78, 5) is 10.4. The van der Waals surface area contributed by atoms with Crippen LogP contribution >= 0.6 is 15.9 Å². The molecule has 31 heavy (non-hydrogen) atoms. The second-order valence-electron chi connectivity index (χ2n) is 6.69. The molecular weight excluding hydrogens is 468 g/mol. The molecule has 0 spiro atoms. The Morgan fingerprint density at radius 1 is 1.10 bits per heavy atom. The van der Waals surface area contributed by atoms with Crippen LogP contribution in [0.5, 0.6) is 23.0 Å². The van der Waals surface area contributed by atoms with Crippen LogP contribution in [-0.2, 0) is 13.2 Å². The monoisotopic (exact) mass is 486 g/mol. The maximum Gasteiger partial charge on any atom is 0.269 e. The van der Waals surface area contributed by atoms with E-state index in [1.54, 1.807) is 19.2 Å². The Balaban J connectivity index is 1.50. The number of ether oxygens (including phenoxy) is 4. The number of nitrogens with one attached hydrogen (secondary N) is 1. The molecule has 8 nitrogen and oxygen atoms in total. The third kappa shape index (κ3) is 4.66. The number of hydrogen-bond acceptors (Lipinski definition) is 7. The number of anilines is 1. The molecule has 4 rings (SSSR count). The highest BCUT2D eigenvalue weighted by molar-refractivity contribution is 9.10. The summed E-state index contributed by atoms with van der Waals surface area (Å²) in [7, 11) is 1.59. The minimum absolute atomic E-state index is 0.0465. The minimum Gasteiger partial charge on any atom is -0.493 e. The lowest BCUT2D eigenvalue weighted by Gasteiger charge is -2.17. The number of nitrogens with zero attached hydrogens (tertiary/aromatic N) is 1. The predicted octanol–water partition coefficient (Wildman–Crippen LogP) is 5.29. The summed E-state index contributed by atoms with van der Waals surface area (Å²) < 4.78 is 23.3. The standard InChI is InChI=1S/C22H19BrN2O6/c1-28-19-4-2-3-14(11-24-16-5-7-17(8-6-16)25(26)27)22(19)29-12-15-9-20-21(10-18(15)23)31-13-30-20/h2-10,24H,11-13H2,1H3. The van der Waals surface area contributed by atoms with Gasteiger partial charge >= 0.3 is 0 Å². The molecule has 0 saturated heterocycles. The summed E-state index contributed by atoms with van der Waals surface area (Å²) in [6.45, 7) is 0.950. The van der Waals surface area contributed by atoms with Crippen LogP contribution in [0.15, 0.2) is 59.1 Å². The Kier molecular flexibility index (Phi) is 6.13. The lowest BCUT2D eigenvalue weighted by Crippen LogP contribution is -2.05. The van der Waals surface area contributed by atoms with Crippen molar-refractivity contribution in [3.8, 4) is 23.0 Å². The summed E-state index contributed by atoms with van der Waals surface area (Å²) >= 11 is 3.55. The Hall–Kier alpha value is -3.46. The highest BCUT2D eigenvalue weighted by atomic mass is 79.9. The van der Waals surface area contributed by atoms with Crippen molar-refractivity contribution < 1.29 is 23.9 Å². The Labute approximate surface area is 187 Å². The molecule has 0 fully saturated rings. The van der Waals surface area contributed by atoms with Crippen molar-refractivity contribution in [3.63, 3.8) is 0 Å². The molecule has 3 aromatic carbocycles. The third-order valence-corrected chi connectivity index (χ3v) is 5.49. The van der Waals surface area contributed by atoms with E-state index in [0.717, 1.165) is 21.3 Å².